The molecular weight excluding hydrogens is 261 g/mol. The summed E-state index contributed by atoms with van der Waals surface area (Å²) in [6.45, 7) is 2.20. The van der Waals surface area contributed by atoms with E-state index in [4.69, 9.17) is 0 Å². The molecule has 0 aromatic heterocycles. The Kier molecular flexibility index (Phi) is 84.7. The van der Waals surface area contributed by atoms with Gasteiger partial charge in [0.25, 0.3) is 0 Å². The predicted molar refractivity (Wildman–Crippen MR) is 42.6 cm³/mol. The molecule has 0 spiro atoms. The van der Waals surface area contributed by atoms with Gasteiger partial charge in [0, 0.05) is 0 Å². The van der Waals surface area contributed by atoms with E-state index in [2.05, 4.69) is 6.92 Å². The van der Waals surface area contributed by atoms with Crippen LogP contribution < -0.4 is 0 Å². The molecule has 0 aliphatic carbocycles. The minimum atomic E-state index is 0. The topological polar surface area (TPSA) is 0 Å². The van der Waals surface area contributed by atoms with Crippen molar-refractivity contribution in [2.45, 2.75) is 17.8 Å². The van der Waals surface area contributed by atoms with Crippen LogP contribution in [0.2, 0.25) is 4.44 Å². The molecule has 47 valence electrons. The fraction of sp³-hybridized carbons (Fsp3) is 1.00. The van der Waals surface area contributed by atoms with Crippen LogP contribution >= 0.6 is 37.2 Å². The average molecular weight is 271 g/mol. The van der Waals surface area contributed by atoms with E-state index in [0.29, 0.717) is 0 Å². The molecule has 0 saturated heterocycles. The summed E-state index contributed by atoms with van der Waals surface area (Å²) in [7, 11) is 0. The molecule has 0 bridgehead atoms. The molecule has 0 saturated carbocycles. The fourth-order valence-corrected chi connectivity index (χ4v) is 0. The van der Waals surface area contributed by atoms with Crippen LogP contribution in [0.1, 0.15) is 13.3 Å². The second kappa shape index (κ2) is 25.3. The first kappa shape index (κ1) is 23.4. The van der Waals surface area contributed by atoms with Gasteiger partial charge in [-0.3, -0.25) is 0 Å². The molecule has 0 aliphatic rings. The maximum absolute atomic E-state index is 2.20. The Balaban J connectivity index is -0.0000000150. The SMILES string of the molecule is CC[CH2][Sn].Cl.Cl.Cl. The maximum Gasteiger partial charge on any atom is -0.147 e. The van der Waals surface area contributed by atoms with E-state index < -0.39 is 0 Å². The zero-order valence-electron chi connectivity index (χ0n) is 4.14. The number of hydrogen-bond acceptors (Lipinski definition) is 0. The van der Waals surface area contributed by atoms with Gasteiger partial charge in [0.15, 0.2) is 0 Å². The van der Waals surface area contributed by atoms with Gasteiger partial charge >= 0.3 is 40.3 Å². The van der Waals surface area contributed by atoms with Gasteiger partial charge in [-0.2, -0.15) is 0 Å². The van der Waals surface area contributed by atoms with Gasteiger partial charge in [0.2, 0.25) is 0 Å². The molecule has 0 aliphatic heterocycles. The van der Waals surface area contributed by atoms with Crippen LogP contribution in [0.15, 0.2) is 0 Å². The van der Waals surface area contributed by atoms with E-state index in [-0.39, 0.29) is 37.2 Å². The Bertz CT molecular complexity index is 12.1. The summed E-state index contributed by atoms with van der Waals surface area (Å²) in [5.41, 5.74) is 0. The third-order valence-electron chi connectivity index (χ3n) is 0.250. The van der Waals surface area contributed by atoms with Crippen LogP contribution in [0, 0.1) is 0 Å². The summed E-state index contributed by atoms with van der Waals surface area (Å²) in [4.78, 5) is 0. The average Bonchev–Trinajstić information content (AvgIpc) is 1.37. The van der Waals surface area contributed by atoms with E-state index in [9.17, 15) is 0 Å². The molecule has 0 heterocycles. The molecule has 3 radical (unpaired) electrons. The number of hydrogen-bond donors (Lipinski definition) is 0. The molecule has 0 nitrogen and oxygen atoms in total. The van der Waals surface area contributed by atoms with Crippen molar-refractivity contribution < 1.29 is 0 Å². The van der Waals surface area contributed by atoms with Crippen LogP contribution in [0.3, 0.4) is 0 Å². The van der Waals surface area contributed by atoms with Crippen LogP contribution in [0.5, 0.6) is 0 Å². The summed E-state index contributed by atoms with van der Waals surface area (Å²) in [6, 6.07) is 0. The first-order valence-corrected chi connectivity index (χ1v) is 3.58. The standard InChI is InChI=1S/C3H7.3ClH.Sn/c1-3-2;;;;/h1,3H2,2H3;3*1H;. The largest absolute Gasteiger partial charge is 0.147 e. The zero-order chi connectivity index (χ0) is 3.41. The Morgan fingerprint density at radius 3 is 1.29 bits per heavy atom. The fourth-order valence-electron chi connectivity index (χ4n) is 0. The van der Waals surface area contributed by atoms with E-state index in [0.717, 1.165) is 0 Å². The van der Waals surface area contributed by atoms with Crippen molar-refractivity contribution >= 4 is 59.7 Å². The van der Waals surface area contributed by atoms with Gasteiger partial charge in [-0.25, -0.2) is 0 Å². The molecule has 0 N–H and O–H groups in total. The van der Waals surface area contributed by atoms with Gasteiger partial charge in [0.1, 0.15) is 0 Å². The van der Waals surface area contributed by atoms with Crippen molar-refractivity contribution in [3.63, 3.8) is 0 Å². The van der Waals surface area contributed by atoms with Crippen molar-refractivity contribution in [3.8, 4) is 0 Å². The molecular formula is C3H10Cl3Sn. The number of rotatable bonds is 1. The second-order valence-corrected chi connectivity index (χ2v) is 2.18. The molecule has 0 unspecified atom stereocenters. The third-order valence-corrected chi connectivity index (χ3v) is 1.68. The van der Waals surface area contributed by atoms with Crippen molar-refractivity contribution in [3.05, 3.63) is 0 Å². The molecule has 0 aromatic rings. The van der Waals surface area contributed by atoms with E-state index in [1.807, 2.05) is 0 Å². The normalized spacial score (nSPS) is 4.29. The quantitative estimate of drug-likeness (QED) is 0.642. The van der Waals surface area contributed by atoms with Crippen LogP contribution in [-0.2, 0) is 0 Å². The van der Waals surface area contributed by atoms with Gasteiger partial charge in [-0.05, 0) is 0 Å². The van der Waals surface area contributed by atoms with Gasteiger partial charge in [-0.15, -0.1) is 37.2 Å². The maximum atomic E-state index is 2.20. The molecule has 0 rings (SSSR count). The number of halogens is 3. The summed E-state index contributed by atoms with van der Waals surface area (Å²) in [6.07, 6.45) is 1.36. The minimum absolute atomic E-state index is 0. The Hall–Kier alpha value is 1.67. The van der Waals surface area contributed by atoms with E-state index in [1.54, 1.807) is 22.5 Å². The van der Waals surface area contributed by atoms with Crippen LogP contribution in [0.25, 0.3) is 0 Å². The third kappa shape index (κ3) is 34.6. The Labute approximate surface area is 77.1 Å². The Morgan fingerprint density at radius 1 is 1.14 bits per heavy atom. The second-order valence-electron chi connectivity index (χ2n) is 0.750. The van der Waals surface area contributed by atoms with Crippen molar-refractivity contribution in [1.82, 2.24) is 0 Å². The molecule has 4 heteroatoms. The molecule has 7 heavy (non-hydrogen) atoms. The van der Waals surface area contributed by atoms with Gasteiger partial charge in [0.05, 0.1) is 0 Å². The first-order chi connectivity index (χ1) is 1.91. The molecule has 0 amide bonds. The summed E-state index contributed by atoms with van der Waals surface area (Å²) in [5, 5.41) is 0. The zero-order valence-corrected chi connectivity index (χ0v) is 9.44. The van der Waals surface area contributed by atoms with E-state index >= 15 is 0 Å². The minimum Gasteiger partial charge on any atom is -0.147 e. The Morgan fingerprint density at radius 2 is 1.29 bits per heavy atom. The van der Waals surface area contributed by atoms with Crippen molar-refractivity contribution in [2.24, 2.45) is 0 Å². The molecule has 0 fully saturated rings. The van der Waals surface area contributed by atoms with Crippen molar-refractivity contribution in [1.29, 1.82) is 0 Å². The van der Waals surface area contributed by atoms with Gasteiger partial charge in [-0.1, -0.05) is 0 Å². The summed E-state index contributed by atoms with van der Waals surface area (Å²) < 4.78 is 1.41. The molecule has 0 aromatic carbocycles. The summed E-state index contributed by atoms with van der Waals surface area (Å²) in [5.74, 6) is 0. The van der Waals surface area contributed by atoms with Crippen LogP contribution in [0.4, 0.5) is 0 Å². The first-order valence-electron chi connectivity index (χ1n) is 1.56. The monoisotopic (exact) mass is 271 g/mol. The van der Waals surface area contributed by atoms with E-state index in [1.165, 1.54) is 10.9 Å². The molecule has 0 atom stereocenters. The summed E-state index contributed by atoms with van der Waals surface area (Å²) >= 11 is 1.67. The van der Waals surface area contributed by atoms with Crippen molar-refractivity contribution in [2.75, 3.05) is 0 Å². The predicted octanol–water partition coefficient (Wildman–Crippen LogP) is 2.25. The smallest absolute Gasteiger partial charge is 0.147 e. The van der Waals surface area contributed by atoms with Gasteiger partial charge < -0.3 is 0 Å². The van der Waals surface area contributed by atoms with Crippen LogP contribution in [-0.4, -0.2) is 22.5 Å².